The van der Waals surface area contributed by atoms with E-state index in [0.29, 0.717) is 48.5 Å². The van der Waals surface area contributed by atoms with Crippen LogP contribution in [-0.2, 0) is 28.0 Å². The van der Waals surface area contributed by atoms with E-state index >= 15 is 0 Å². The first-order chi connectivity index (χ1) is 27.5. The Bertz CT molecular complexity index is 2460. The fourth-order valence-electron chi connectivity index (χ4n) is 8.66. The van der Waals surface area contributed by atoms with Gasteiger partial charge in [-0.2, -0.15) is 0 Å². The topological polar surface area (TPSA) is 160 Å². The second-order valence-electron chi connectivity index (χ2n) is 15.3. The Morgan fingerprint density at radius 2 is 1.65 bits per heavy atom. The molecule has 1 N–H and O–H groups in total. The molecule has 14 nitrogen and oxygen atoms in total. The van der Waals surface area contributed by atoms with Crippen molar-refractivity contribution in [3.63, 3.8) is 0 Å². The highest BCUT2D eigenvalue weighted by atomic mass is 16.5. The summed E-state index contributed by atoms with van der Waals surface area (Å²) in [6.45, 7) is 3.85. The molecular weight excluding hydrogens is 729 g/mol. The molecule has 4 aromatic rings. The summed E-state index contributed by atoms with van der Waals surface area (Å²) in [5.41, 5.74) is 3.65. The highest BCUT2D eigenvalue weighted by Gasteiger charge is 2.46. The number of piperidine rings is 2. The fourth-order valence-corrected chi connectivity index (χ4v) is 8.66. The number of likely N-dealkylation sites (tertiary alicyclic amines) is 2. The van der Waals surface area contributed by atoms with Crippen molar-refractivity contribution in [2.24, 2.45) is 12.5 Å². The second kappa shape index (κ2) is 15.0. The minimum Gasteiger partial charge on any atom is -0.496 e. The zero-order chi connectivity index (χ0) is 40.0. The molecule has 14 heteroatoms. The predicted octanol–water partition coefficient (Wildman–Crippen LogP) is 3.28. The molecule has 3 fully saturated rings. The smallest absolute Gasteiger partial charge is 0.262 e. The number of carbonyl (C=O) groups excluding carboxylic acids is 5. The number of methoxy groups -OCH3 is 2. The van der Waals surface area contributed by atoms with Crippen LogP contribution in [0.5, 0.6) is 11.5 Å². The monoisotopic (exact) mass is 770 g/mol. The number of imide groups is 2. The number of ether oxygens (including phenoxy) is 2. The van der Waals surface area contributed by atoms with Gasteiger partial charge in [0.1, 0.15) is 17.5 Å². The molecule has 5 amide bonds. The lowest BCUT2D eigenvalue weighted by molar-refractivity contribution is -0.137. The molecule has 1 spiro atoms. The molecule has 0 saturated carbocycles. The number of carbonyl (C=O) groups is 5. The number of rotatable bonds is 8. The third kappa shape index (κ3) is 6.92. The van der Waals surface area contributed by atoms with E-state index in [9.17, 15) is 28.8 Å². The molecule has 4 aliphatic rings. The van der Waals surface area contributed by atoms with Gasteiger partial charge in [-0.15, -0.1) is 0 Å². The molecule has 1 unspecified atom stereocenters. The lowest BCUT2D eigenvalue weighted by Gasteiger charge is -2.54. The number of aryl methyl sites for hydroxylation is 1. The quantitative estimate of drug-likeness (QED) is 0.208. The Hall–Kier alpha value is -6.33. The van der Waals surface area contributed by atoms with Crippen molar-refractivity contribution in [2.75, 3.05) is 40.4 Å². The molecule has 2 aromatic carbocycles. The van der Waals surface area contributed by atoms with E-state index in [1.54, 1.807) is 50.4 Å². The minimum absolute atomic E-state index is 0.0537. The molecule has 0 aliphatic carbocycles. The van der Waals surface area contributed by atoms with Crippen LogP contribution in [0.4, 0.5) is 0 Å². The normalized spacial score (nSPS) is 18.9. The van der Waals surface area contributed by atoms with Gasteiger partial charge < -0.3 is 18.9 Å². The summed E-state index contributed by atoms with van der Waals surface area (Å²) in [6.07, 6.45) is 7.71. The second-order valence-corrected chi connectivity index (χ2v) is 15.3. The summed E-state index contributed by atoms with van der Waals surface area (Å²) in [4.78, 5) is 85.3. The number of nitrogens with one attached hydrogen (secondary N) is 1. The van der Waals surface area contributed by atoms with E-state index in [2.05, 4.69) is 27.0 Å². The maximum atomic E-state index is 13.1. The lowest BCUT2D eigenvalue weighted by atomic mass is 9.71. The van der Waals surface area contributed by atoms with Gasteiger partial charge in [0, 0.05) is 88.8 Å². The molecule has 57 heavy (non-hydrogen) atoms. The molecule has 0 bridgehead atoms. The van der Waals surface area contributed by atoms with E-state index in [1.165, 1.54) is 6.07 Å². The van der Waals surface area contributed by atoms with E-state index < -0.39 is 29.7 Å². The van der Waals surface area contributed by atoms with E-state index in [0.717, 1.165) is 52.9 Å². The number of benzene rings is 2. The van der Waals surface area contributed by atoms with Crippen LogP contribution in [-0.4, -0.2) is 100 Å². The Balaban J connectivity index is 0.841. The average molecular weight is 771 g/mol. The first kappa shape index (κ1) is 37.6. The summed E-state index contributed by atoms with van der Waals surface area (Å²) in [7, 11) is 5.03. The van der Waals surface area contributed by atoms with Crippen molar-refractivity contribution in [3.05, 3.63) is 87.6 Å². The highest BCUT2D eigenvalue weighted by Crippen LogP contribution is 2.44. The molecule has 8 rings (SSSR count). The van der Waals surface area contributed by atoms with Crippen LogP contribution in [0.25, 0.3) is 21.9 Å². The molecule has 2 aromatic heterocycles. The van der Waals surface area contributed by atoms with Crippen molar-refractivity contribution >= 4 is 40.3 Å². The fraction of sp³-hybridized carbons (Fsp3) is 0.372. The number of hydrogen-bond acceptors (Lipinski definition) is 10. The zero-order valence-corrected chi connectivity index (χ0v) is 32.1. The Morgan fingerprint density at radius 3 is 2.35 bits per heavy atom. The molecule has 3 saturated heterocycles. The summed E-state index contributed by atoms with van der Waals surface area (Å²) in [5, 5.41) is 3.55. The standard InChI is InChI=1S/C43H42N6O8/c1-46-22-32(28-12-15-44-21-31(28)40(46)53)27-19-35(56-2)33(36(20-27)57-3)23-47-24-43(25-47)13-16-48(17-14-43)38(51)7-5-4-6-26-8-9-29-30(18-26)42(55)49(41(29)54)34-10-11-37(50)45-39(34)52/h8-9,12,15,18-22,34H,5,7,10-11,13-14,16-17,23-25H2,1-3H3,(H,45,50,52). The minimum atomic E-state index is -1.03. The van der Waals surface area contributed by atoms with Crippen molar-refractivity contribution in [1.29, 1.82) is 0 Å². The van der Waals surface area contributed by atoms with Crippen LogP contribution in [0, 0.1) is 17.3 Å². The first-order valence-corrected chi connectivity index (χ1v) is 19.0. The van der Waals surface area contributed by atoms with Crippen molar-refractivity contribution < 1.29 is 33.4 Å². The van der Waals surface area contributed by atoms with Gasteiger partial charge >= 0.3 is 0 Å². The van der Waals surface area contributed by atoms with Crippen molar-refractivity contribution in [1.82, 2.24) is 29.6 Å². The third-order valence-corrected chi connectivity index (χ3v) is 11.7. The van der Waals surface area contributed by atoms with Gasteiger partial charge in [-0.25, -0.2) is 0 Å². The van der Waals surface area contributed by atoms with Crippen molar-refractivity contribution in [3.8, 4) is 34.5 Å². The van der Waals surface area contributed by atoms with Gasteiger partial charge in [-0.05, 0) is 72.0 Å². The zero-order valence-electron chi connectivity index (χ0n) is 32.1. The van der Waals surface area contributed by atoms with Crippen LogP contribution in [0.3, 0.4) is 0 Å². The predicted molar refractivity (Wildman–Crippen MR) is 208 cm³/mol. The Kier molecular flexibility index (Phi) is 9.87. The van der Waals surface area contributed by atoms with E-state index in [-0.39, 0.29) is 47.3 Å². The van der Waals surface area contributed by atoms with Crippen LogP contribution >= 0.6 is 0 Å². The lowest BCUT2D eigenvalue weighted by Crippen LogP contribution is -2.60. The van der Waals surface area contributed by atoms with Gasteiger partial charge in [0.25, 0.3) is 17.4 Å². The third-order valence-electron chi connectivity index (χ3n) is 11.7. The van der Waals surface area contributed by atoms with Crippen LogP contribution in [0.2, 0.25) is 0 Å². The van der Waals surface area contributed by atoms with Gasteiger partial charge in [-0.3, -0.25) is 48.9 Å². The largest absolute Gasteiger partial charge is 0.496 e. The SMILES string of the molecule is COc1cc(-c2cn(C)c(=O)c3cnccc23)cc(OC)c1CN1CC2(CCN(C(=O)CCC#Cc3ccc4c(c3)C(=O)N(C3CCC(=O)NC3=O)C4=O)CC2)C1. The molecule has 0 radical (unpaired) electrons. The number of nitrogens with zero attached hydrogens (tertiary/aromatic N) is 5. The number of hydrogen-bond donors (Lipinski definition) is 1. The van der Waals surface area contributed by atoms with Crippen LogP contribution < -0.4 is 20.3 Å². The van der Waals surface area contributed by atoms with Crippen LogP contribution in [0.15, 0.2) is 59.8 Å². The molecule has 1 atom stereocenters. The summed E-state index contributed by atoms with van der Waals surface area (Å²) < 4.78 is 13.4. The summed E-state index contributed by atoms with van der Waals surface area (Å²) in [6, 6.07) is 9.53. The van der Waals surface area contributed by atoms with Gasteiger partial charge in [-0.1, -0.05) is 11.8 Å². The van der Waals surface area contributed by atoms with E-state index in [4.69, 9.17) is 9.47 Å². The summed E-state index contributed by atoms with van der Waals surface area (Å²) >= 11 is 0. The molecule has 4 aliphatic heterocycles. The number of amides is 5. The Morgan fingerprint density at radius 1 is 0.930 bits per heavy atom. The van der Waals surface area contributed by atoms with E-state index in [1.807, 2.05) is 29.3 Å². The van der Waals surface area contributed by atoms with Crippen LogP contribution in [0.1, 0.15) is 70.4 Å². The number of aromatic nitrogens is 2. The first-order valence-electron chi connectivity index (χ1n) is 19.0. The highest BCUT2D eigenvalue weighted by molar-refractivity contribution is 6.23. The number of fused-ring (bicyclic) bond motifs is 2. The van der Waals surface area contributed by atoms with Gasteiger partial charge in [0.15, 0.2) is 0 Å². The molecular formula is C43H42N6O8. The molecule has 6 heterocycles. The van der Waals surface area contributed by atoms with Crippen molar-refractivity contribution in [2.45, 2.75) is 51.1 Å². The maximum absolute atomic E-state index is 13.1. The maximum Gasteiger partial charge on any atom is 0.262 e. The van der Waals surface area contributed by atoms with Gasteiger partial charge in [0.2, 0.25) is 17.7 Å². The Labute approximate surface area is 328 Å². The molecule has 292 valence electrons. The van der Waals surface area contributed by atoms with Gasteiger partial charge in [0.05, 0.1) is 36.3 Å². The summed E-state index contributed by atoms with van der Waals surface area (Å²) in [5.74, 6) is 5.29. The average Bonchev–Trinajstić information content (AvgIpc) is 3.45. The number of pyridine rings is 2.